The molecule has 8 nitrogen and oxygen atoms in total. The minimum Gasteiger partial charge on any atom is -0.341 e. The van der Waals surface area contributed by atoms with Crippen molar-refractivity contribution in [2.24, 2.45) is 7.05 Å². The van der Waals surface area contributed by atoms with E-state index in [0.29, 0.717) is 27.2 Å². The highest BCUT2D eigenvalue weighted by Gasteiger charge is 2.24. The summed E-state index contributed by atoms with van der Waals surface area (Å²) in [5.74, 6) is -0.398. The van der Waals surface area contributed by atoms with Crippen LogP contribution in [0, 0.1) is 6.92 Å². The van der Waals surface area contributed by atoms with E-state index < -0.39 is 11.9 Å². The Morgan fingerprint density at radius 2 is 2.07 bits per heavy atom. The first-order valence-corrected chi connectivity index (χ1v) is 9.47. The van der Waals surface area contributed by atoms with Crippen molar-refractivity contribution in [1.29, 1.82) is 0 Å². The molecule has 1 unspecified atom stereocenters. The summed E-state index contributed by atoms with van der Waals surface area (Å²) in [5.41, 5.74) is 0.443. The molecule has 0 aliphatic rings. The zero-order valence-electron chi connectivity index (χ0n) is 15.6. The Morgan fingerprint density at radius 1 is 1.33 bits per heavy atom. The maximum absolute atomic E-state index is 12.7. The molecule has 1 amide bonds. The van der Waals surface area contributed by atoms with E-state index in [9.17, 15) is 14.4 Å². The molecule has 0 saturated carbocycles. The Hall–Kier alpha value is -2.81. The molecule has 0 fully saturated rings. The number of imidazole rings is 1. The van der Waals surface area contributed by atoms with Crippen molar-refractivity contribution in [1.82, 2.24) is 24.4 Å². The lowest BCUT2D eigenvalue weighted by molar-refractivity contribution is 0.0860. The number of carbonyl (C=O) groups is 2. The van der Waals surface area contributed by atoms with Crippen molar-refractivity contribution >= 4 is 33.2 Å². The summed E-state index contributed by atoms with van der Waals surface area (Å²) in [5, 5.41) is 3.17. The highest BCUT2D eigenvalue weighted by Crippen LogP contribution is 2.26. The van der Waals surface area contributed by atoms with Crippen molar-refractivity contribution in [2.75, 3.05) is 0 Å². The predicted molar refractivity (Wildman–Crippen MR) is 103 cm³/mol. The first-order chi connectivity index (χ1) is 12.8. The molecule has 3 rings (SSSR count). The molecule has 0 bridgehead atoms. The molecule has 1 N–H and O–H groups in total. The number of hydrogen-bond acceptors (Lipinski definition) is 6. The quantitative estimate of drug-likeness (QED) is 0.652. The van der Waals surface area contributed by atoms with Gasteiger partial charge in [-0.25, -0.2) is 9.97 Å². The number of aromatic nitrogens is 4. The number of ketones is 1. The number of nitrogens with one attached hydrogen (secondary N) is 1. The third-order valence-electron chi connectivity index (χ3n) is 4.37. The fourth-order valence-electron chi connectivity index (χ4n) is 2.90. The average molecular weight is 387 g/mol. The van der Waals surface area contributed by atoms with Gasteiger partial charge in [-0.05, 0) is 25.8 Å². The molecule has 0 aliphatic heterocycles. The second kappa shape index (κ2) is 7.43. The first kappa shape index (κ1) is 19.0. The largest absolute Gasteiger partial charge is 0.341 e. The number of aryl methyl sites for hydroxylation is 3. The summed E-state index contributed by atoms with van der Waals surface area (Å²) >= 11 is 1.16. The number of fused-ring (bicyclic) bond motifs is 1. The van der Waals surface area contributed by atoms with E-state index in [1.54, 1.807) is 36.2 Å². The Morgan fingerprint density at radius 3 is 2.70 bits per heavy atom. The van der Waals surface area contributed by atoms with Crippen LogP contribution in [-0.4, -0.2) is 36.8 Å². The second-order valence-electron chi connectivity index (χ2n) is 6.40. The van der Waals surface area contributed by atoms with Gasteiger partial charge >= 0.3 is 0 Å². The summed E-state index contributed by atoms with van der Waals surface area (Å²) < 4.78 is 3.16. The van der Waals surface area contributed by atoms with Crippen LogP contribution < -0.4 is 10.9 Å². The van der Waals surface area contributed by atoms with Crippen LogP contribution in [0.5, 0.6) is 0 Å². The van der Waals surface area contributed by atoms with E-state index in [0.717, 1.165) is 17.8 Å². The Balaban J connectivity index is 1.89. The van der Waals surface area contributed by atoms with Crippen LogP contribution in [0.15, 0.2) is 23.5 Å². The first-order valence-electron chi connectivity index (χ1n) is 8.66. The fourth-order valence-corrected chi connectivity index (χ4v) is 3.94. The van der Waals surface area contributed by atoms with Gasteiger partial charge in [0, 0.05) is 26.0 Å². The van der Waals surface area contributed by atoms with Gasteiger partial charge in [-0.3, -0.25) is 19.0 Å². The van der Waals surface area contributed by atoms with Crippen LogP contribution in [0.2, 0.25) is 0 Å². The molecule has 0 radical (unpaired) electrons. The van der Waals surface area contributed by atoms with Gasteiger partial charge in [-0.1, -0.05) is 6.92 Å². The topological polar surface area (TPSA) is 98.9 Å². The summed E-state index contributed by atoms with van der Waals surface area (Å²) in [6, 6.07) is -0.743. The van der Waals surface area contributed by atoms with Gasteiger partial charge in [0.15, 0.2) is 5.82 Å². The molecule has 0 spiro atoms. The molecule has 3 aromatic rings. The number of amides is 1. The zero-order valence-corrected chi connectivity index (χ0v) is 16.5. The number of thiophene rings is 1. The molecule has 0 aromatic carbocycles. The van der Waals surface area contributed by atoms with Crippen LogP contribution in [-0.2, 0) is 13.6 Å². The standard InChI is InChI=1S/C18H21N5O3S/c1-5-7-23-9-20-17-12(18(23)26)10(2)14(27-17)16(25)21-11(3)13(24)15-19-6-8-22(15)4/h6,8-9,11H,5,7H2,1-4H3,(H,21,25). The Kier molecular flexibility index (Phi) is 5.22. The normalized spacial score (nSPS) is 12.3. The number of carbonyl (C=O) groups excluding carboxylic acids is 2. The summed E-state index contributed by atoms with van der Waals surface area (Å²) in [7, 11) is 1.72. The number of Topliss-reactive ketones (excluding diaryl/α,β-unsaturated/α-hetero) is 1. The van der Waals surface area contributed by atoms with Crippen molar-refractivity contribution in [3.05, 3.63) is 45.3 Å². The van der Waals surface area contributed by atoms with E-state index in [1.165, 1.54) is 12.5 Å². The van der Waals surface area contributed by atoms with Crippen molar-refractivity contribution < 1.29 is 9.59 Å². The van der Waals surface area contributed by atoms with E-state index in [-0.39, 0.29) is 17.2 Å². The molecular formula is C18H21N5O3S. The van der Waals surface area contributed by atoms with E-state index in [4.69, 9.17) is 0 Å². The lowest BCUT2D eigenvalue weighted by Crippen LogP contribution is -2.39. The second-order valence-corrected chi connectivity index (χ2v) is 7.40. The van der Waals surface area contributed by atoms with Gasteiger partial charge < -0.3 is 9.88 Å². The maximum Gasteiger partial charge on any atom is 0.262 e. The molecule has 27 heavy (non-hydrogen) atoms. The lowest BCUT2D eigenvalue weighted by Gasteiger charge is -2.12. The van der Waals surface area contributed by atoms with Crippen LogP contribution >= 0.6 is 11.3 Å². The van der Waals surface area contributed by atoms with Gasteiger partial charge in [0.25, 0.3) is 11.5 Å². The van der Waals surface area contributed by atoms with Crippen LogP contribution in [0.3, 0.4) is 0 Å². The van der Waals surface area contributed by atoms with Crippen molar-refractivity contribution in [3.8, 4) is 0 Å². The van der Waals surface area contributed by atoms with Crippen LogP contribution in [0.25, 0.3) is 10.2 Å². The number of hydrogen-bond donors (Lipinski definition) is 1. The third kappa shape index (κ3) is 3.42. The van der Waals surface area contributed by atoms with Crippen molar-refractivity contribution in [3.63, 3.8) is 0 Å². The molecular weight excluding hydrogens is 366 g/mol. The highest BCUT2D eigenvalue weighted by molar-refractivity contribution is 7.20. The van der Waals surface area contributed by atoms with Crippen LogP contribution in [0.1, 0.15) is 46.1 Å². The molecule has 9 heteroatoms. The van der Waals surface area contributed by atoms with E-state index >= 15 is 0 Å². The summed E-state index contributed by atoms with van der Waals surface area (Å²) in [4.78, 5) is 47.1. The van der Waals surface area contributed by atoms with Gasteiger partial charge in [0.05, 0.1) is 22.6 Å². The van der Waals surface area contributed by atoms with Gasteiger partial charge in [-0.15, -0.1) is 11.3 Å². The summed E-state index contributed by atoms with van der Waals surface area (Å²) in [6.07, 6.45) is 5.53. The fraction of sp³-hybridized carbons (Fsp3) is 0.389. The SMILES string of the molecule is CCCn1cnc2sc(C(=O)NC(C)C(=O)c3nccn3C)c(C)c2c1=O. The van der Waals surface area contributed by atoms with Gasteiger partial charge in [-0.2, -0.15) is 0 Å². The molecule has 3 heterocycles. The highest BCUT2D eigenvalue weighted by atomic mass is 32.1. The predicted octanol–water partition coefficient (Wildman–Crippen LogP) is 1.91. The van der Waals surface area contributed by atoms with Crippen molar-refractivity contribution in [2.45, 2.75) is 39.8 Å². The Labute approximate surface area is 159 Å². The average Bonchev–Trinajstić information content (AvgIpc) is 3.20. The molecule has 0 aliphatic carbocycles. The lowest BCUT2D eigenvalue weighted by atomic mass is 10.1. The minimum absolute atomic E-state index is 0.146. The zero-order chi connectivity index (χ0) is 19.7. The monoisotopic (exact) mass is 387 g/mol. The number of rotatable bonds is 6. The molecule has 1 atom stereocenters. The molecule has 142 valence electrons. The third-order valence-corrected chi connectivity index (χ3v) is 5.57. The van der Waals surface area contributed by atoms with Gasteiger partial charge in [0.1, 0.15) is 4.83 Å². The molecule has 3 aromatic heterocycles. The number of nitrogens with zero attached hydrogens (tertiary/aromatic N) is 4. The van der Waals surface area contributed by atoms with Gasteiger partial charge in [0.2, 0.25) is 5.78 Å². The Bertz CT molecular complexity index is 1080. The van der Waals surface area contributed by atoms with E-state index in [1.807, 2.05) is 6.92 Å². The summed E-state index contributed by atoms with van der Waals surface area (Å²) in [6.45, 7) is 5.91. The van der Waals surface area contributed by atoms with Crippen LogP contribution in [0.4, 0.5) is 0 Å². The molecule has 0 saturated heterocycles. The maximum atomic E-state index is 12.7. The smallest absolute Gasteiger partial charge is 0.262 e. The minimum atomic E-state index is -0.743. The van der Waals surface area contributed by atoms with E-state index in [2.05, 4.69) is 15.3 Å².